The average molecular weight is 325 g/mol. The van der Waals surface area contributed by atoms with Crippen LogP contribution < -0.4 is 11.1 Å². The molecule has 2 rings (SSSR count). The van der Waals surface area contributed by atoms with Gasteiger partial charge >= 0.3 is 0 Å². The number of carbonyl (C=O) groups is 1. The summed E-state index contributed by atoms with van der Waals surface area (Å²) in [6.07, 6.45) is 2.81. The van der Waals surface area contributed by atoms with E-state index in [4.69, 9.17) is 22.4 Å². The van der Waals surface area contributed by atoms with Crippen LogP contribution >= 0.6 is 28.1 Å². The summed E-state index contributed by atoms with van der Waals surface area (Å²) in [5.41, 5.74) is 7.23. The van der Waals surface area contributed by atoms with E-state index < -0.39 is 0 Å². The van der Waals surface area contributed by atoms with E-state index in [1.165, 1.54) is 12.5 Å². The SMILES string of the molecule is NC(=S)c1cc(Br)ccc1NC(=O)c1ccoc1. The zero-order valence-corrected chi connectivity index (χ0v) is 11.5. The van der Waals surface area contributed by atoms with E-state index in [-0.39, 0.29) is 10.9 Å². The summed E-state index contributed by atoms with van der Waals surface area (Å²) in [7, 11) is 0. The molecule has 1 amide bonds. The first kappa shape index (κ1) is 12.8. The Morgan fingerprint density at radius 1 is 1.39 bits per heavy atom. The zero-order valence-electron chi connectivity index (χ0n) is 9.14. The highest BCUT2D eigenvalue weighted by atomic mass is 79.9. The van der Waals surface area contributed by atoms with Gasteiger partial charge in [-0.1, -0.05) is 28.1 Å². The van der Waals surface area contributed by atoms with Gasteiger partial charge in [0.2, 0.25) is 0 Å². The maximum Gasteiger partial charge on any atom is 0.258 e. The van der Waals surface area contributed by atoms with Crippen LogP contribution in [0.3, 0.4) is 0 Å². The molecule has 0 aliphatic rings. The van der Waals surface area contributed by atoms with Crippen molar-refractivity contribution in [1.29, 1.82) is 0 Å². The summed E-state index contributed by atoms with van der Waals surface area (Å²) in [5, 5.41) is 2.73. The predicted octanol–water partition coefficient (Wildman–Crippen LogP) is 2.93. The predicted molar refractivity (Wildman–Crippen MR) is 76.7 cm³/mol. The Balaban J connectivity index is 2.29. The molecule has 0 aliphatic carbocycles. The number of hydrogen-bond donors (Lipinski definition) is 2. The molecule has 4 nitrogen and oxygen atoms in total. The molecule has 0 bridgehead atoms. The largest absolute Gasteiger partial charge is 0.472 e. The lowest BCUT2D eigenvalue weighted by atomic mass is 10.1. The molecule has 0 atom stereocenters. The normalized spacial score (nSPS) is 10.1. The number of rotatable bonds is 3. The third-order valence-corrected chi connectivity index (χ3v) is 2.99. The molecular formula is C12H9BrN2O2S. The van der Waals surface area contributed by atoms with Crippen molar-refractivity contribution in [3.05, 3.63) is 52.4 Å². The Labute approximate surface area is 117 Å². The molecule has 0 fully saturated rings. The van der Waals surface area contributed by atoms with Crippen molar-refractivity contribution in [2.45, 2.75) is 0 Å². The molecule has 0 saturated heterocycles. The standard InChI is InChI=1S/C12H9BrN2O2S/c13-8-1-2-10(9(5-8)11(14)18)15-12(16)7-3-4-17-6-7/h1-6H,(H2,14,18)(H,15,16). The number of nitrogens with one attached hydrogen (secondary N) is 1. The van der Waals surface area contributed by atoms with Crippen LogP contribution in [0.2, 0.25) is 0 Å². The molecule has 0 aliphatic heterocycles. The highest BCUT2D eigenvalue weighted by Gasteiger charge is 2.11. The van der Waals surface area contributed by atoms with Crippen molar-refractivity contribution < 1.29 is 9.21 Å². The molecule has 0 radical (unpaired) electrons. The van der Waals surface area contributed by atoms with Crippen molar-refractivity contribution in [3.8, 4) is 0 Å². The second-order valence-electron chi connectivity index (χ2n) is 3.52. The third-order valence-electron chi connectivity index (χ3n) is 2.28. The van der Waals surface area contributed by atoms with Crippen LogP contribution in [0.4, 0.5) is 5.69 Å². The molecule has 1 aromatic carbocycles. The van der Waals surface area contributed by atoms with E-state index in [1.54, 1.807) is 24.3 Å². The van der Waals surface area contributed by atoms with Gasteiger partial charge in [-0.15, -0.1) is 0 Å². The second kappa shape index (κ2) is 5.32. The molecule has 0 unspecified atom stereocenters. The highest BCUT2D eigenvalue weighted by Crippen LogP contribution is 2.21. The fraction of sp³-hybridized carbons (Fsp3) is 0. The smallest absolute Gasteiger partial charge is 0.258 e. The van der Waals surface area contributed by atoms with E-state index in [9.17, 15) is 4.79 Å². The van der Waals surface area contributed by atoms with Gasteiger partial charge in [-0.25, -0.2) is 0 Å². The lowest BCUT2D eigenvalue weighted by Crippen LogP contribution is -2.17. The molecule has 3 N–H and O–H groups in total. The van der Waals surface area contributed by atoms with Crippen molar-refractivity contribution in [1.82, 2.24) is 0 Å². The van der Waals surface area contributed by atoms with Gasteiger partial charge in [0.05, 0.1) is 17.5 Å². The van der Waals surface area contributed by atoms with E-state index in [0.29, 0.717) is 16.8 Å². The fourth-order valence-corrected chi connectivity index (χ4v) is 1.95. The average Bonchev–Trinajstić information content (AvgIpc) is 2.84. The van der Waals surface area contributed by atoms with Gasteiger partial charge in [-0.2, -0.15) is 0 Å². The van der Waals surface area contributed by atoms with E-state index in [1.807, 2.05) is 0 Å². The van der Waals surface area contributed by atoms with Gasteiger partial charge in [0.25, 0.3) is 5.91 Å². The van der Waals surface area contributed by atoms with Crippen LogP contribution in [-0.4, -0.2) is 10.9 Å². The number of anilines is 1. The van der Waals surface area contributed by atoms with Crippen molar-refractivity contribution >= 4 is 44.7 Å². The quantitative estimate of drug-likeness (QED) is 0.852. The summed E-state index contributed by atoms with van der Waals surface area (Å²) < 4.78 is 5.69. The molecule has 92 valence electrons. The van der Waals surface area contributed by atoms with Gasteiger partial charge in [-0.3, -0.25) is 4.79 Å². The molecule has 6 heteroatoms. The van der Waals surface area contributed by atoms with Crippen LogP contribution in [0, 0.1) is 0 Å². The lowest BCUT2D eigenvalue weighted by molar-refractivity contribution is 0.102. The Hall–Kier alpha value is -1.66. The summed E-state index contributed by atoms with van der Waals surface area (Å²) in [5.74, 6) is -0.274. The number of benzene rings is 1. The number of thiocarbonyl (C=S) groups is 1. The first-order chi connectivity index (χ1) is 8.58. The molecule has 1 heterocycles. The van der Waals surface area contributed by atoms with E-state index >= 15 is 0 Å². The fourth-order valence-electron chi connectivity index (χ4n) is 1.42. The molecular weight excluding hydrogens is 316 g/mol. The number of nitrogens with two attached hydrogens (primary N) is 1. The van der Waals surface area contributed by atoms with E-state index in [0.717, 1.165) is 4.47 Å². The van der Waals surface area contributed by atoms with Crippen LogP contribution in [-0.2, 0) is 0 Å². The Kier molecular flexibility index (Phi) is 3.78. The second-order valence-corrected chi connectivity index (χ2v) is 4.88. The minimum atomic E-state index is -0.274. The molecule has 0 saturated carbocycles. The number of hydrogen-bond acceptors (Lipinski definition) is 3. The highest BCUT2D eigenvalue weighted by molar-refractivity contribution is 9.10. The maximum atomic E-state index is 11.9. The molecule has 18 heavy (non-hydrogen) atoms. The molecule has 0 spiro atoms. The molecule has 1 aromatic heterocycles. The third kappa shape index (κ3) is 2.77. The minimum absolute atomic E-state index is 0.221. The van der Waals surface area contributed by atoms with Gasteiger partial charge in [0.15, 0.2) is 0 Å². The molecule has 2 aromatic rings. The number of furan rings is 1. The summed E-state index contributed by atoms with van der Waals surface area (Å²) in [6.45, 7) is 0. The number of carbonyl (C=O) groups excluding carboxylic acids is 1. The number of halogens is 1. The maximum absolute atomic E-state index is 11.9. The van der Waals surface area contributed by atoms with E-state index in [2.05, 4.69) is 21.2 Å². The topological polar surface area (TPSA) is 68.3 Å². The van der Waals surface area contributed by atoms with Crippen molar-refractivity contribution in [2.24, 2.45) is 5.73 Å². The van der Waals surface area contributed by atoms with Gasteiger partial charge in [0.1, 0.15) is 11.3 Å². The summed E-state index contributed by atoms with van der Waals surface area (Å²) >= 11 is 8.28. The van der Waals surface area contributed by atoms with Crippen molar-refractivity contribution in [3.63, 3.8) is 0 Å². The van der Waals surface area contributed by atoms with Crippen molar-refractivity contribution in [2.75, 3.05) is 5.32 Å². The first-order valence-corrected chi connectivity index (χ1v) is 6.21. The monoisotopic (exact) mass is 324 g/mol. The van der Waals surface area contributed by atoms with Crippen LogP contribution in [0.15, 0.2) is 45.7 Å². The Bertz CT molecular complexity index is 596. The first-order valence-electron chi connectivity index (χ1n) is 5.01. The van der Waals surface area contributed by atoms with Gasteiger partial charge < -0.3 is 15.5 Å². The summed E-state index contributed by atoms with van der Waals surface area (Å²) in [6, 6.07) is 6.87. The van der Waals surface area contributed by atoms with Crippen LogP contribution in [0.25, 0.3) is 0 Å². The minimum Gasteiger partial charge on any atom is -0.472 e. The lowest BCUT2D eigenvalue weighted by Gasteiger charge is -2.09. The van der Waals surface area contributed by atoms with Crippen LogP contribution in [0.5, 0.6) is 0 Å². The van der Waals surface area contributed by atoms with Gasteiger partial charge in [-0.05, 0) is 24.3 Å². The Morgan fingerprint density at radius 3 is 2.78 bits per heavy atom. The zero-order chi connectivity index (χ0) is 13.1. The van der Waals surface area contributed by atoms with Gasteiger partial charge in [0, 0.05) is 10.0 Å². The Morgan fingerprint density at radius 2 is 2.17 bits per heavy atom. The summed E-state index contributed by atoms with van der Waals surface area (Å²) in [4.78, 5) is 12.1. The number of amides is 1. The van der Waals surface area contributed by atoms with Crippen LogP contribution in [0.1, 0.15) is 15.9 Å².